The molecule has 2 rings (SSSR count). The Hall–Kier alpha value is -0.380. The van der Waals surface area contributed by atoms with Crippen LogP contribution in [0.4, 0.5) is 5.69 Å². The van der Waals surface area contributed by atoms with Crippen LogP contribution in [0.1, 0.15) is 12.8 Å². The molecule has 1 aromatic rings. The highest BCUT2D eigenvalue weighted by molar-refractivity contribution is 9.10. The molecule has 1 saturated heterocycles. The first-order valence-corrected chi connectivity index (χ1v) is 10.3. The van der Waals surface area contributed by atoms with Crippen molar-refractivity contribution in [2.75, 3.05) is 16.2 Å². The summed E-state index contributed by atoms with van der Waals surface area (Å²) in [5.41, 5.74) is 0.175. The predicted octanol–water partition coefficient (Wildman–Crippen LogP) is 1.82. The van der Waals surface area contributed by atoms with Crippen LogP contribution in [0.25, 0.3) is 0 Å². The standard InChI is InChI=1S/C10H12BrClN2O4S2/c11-7-5-9(10(12)13-6-7)14-20(17,18)8-1-3-19(15,16)4-2-8/h5-6,8,14H,1-4H2. The molecule has 2 heterocycles. The van der Waals surface area contributed by atoms with Gasteiger partial charge in [0.2, 0.25) is 10.0 Å². The molecule has 0 aliphatic carbocycles. The van der Waals surface area contributed by atoms with E-state index in [9.17, 15) is 16.8 Å². The van der Waals surface area contributed by atoms with Crippen LogP contribution in [0.15, 0.2) is 16.7 Å². The van der Waals surface area contributed by atoms with Gasteiger partial charge in [-0.1, -0.05) is 11.6 Å². The fraction of sp³-hybridized carbons (Fsp3) is 0.500. The van der Waals surface area contributed by atoms with Gasteiger partial charge in [-0.25, -0.2) is 21.8 Å². The lowest BCUT2D eigenvalue weighted by atomic mass is 10.2. The van der Waals surface area contributed by atoms with E-state index in [1.807, 2.05) is 0 Å². The summed E-state index contributed by atoms with van der Waals surface area (Å²) in [6, 6.07) is 1.51. The van der Waals surface area contributed by atoms with Gasteiger partial charge in [0, 0.05) is 10.7 Å². The monoisotopic (exact) mass is 402 g/mol. The summed E-state index contributed by atoms with van der Waals surface area (Å²) in [7, 11) is -6.79. The minimum Gasteiger partial charge on any atom is -0.280 e. The number of nitrogens with zero attached hydrogens (tertiary/aromatic N) is 1. The number of rotatable bonds is 3. The molecule has 0 bridgehead atoms. The van der Waals surface area contributed by atoms with E-state index in [4.69, 9.17) is 11.6 Å². The van der Waals surface area contributed by atoms with Crippen LogP contribution in [-0.2, 0) is 19.9 Å². The number of aromatic nitrogens is 1. The first-order chi connectivity index (χ1) is 9.20. The van der Waals surface area contributed by atoms with E-state index < -0.39 is 25.1 Å². The average molecular weight is 404 g/mol. The van der Waals surface area contributed by atoms with Crippen molar-refractivity contribution < 1.29 is 16.8 Å². The van der Waals surface area contributed by atoms with Gasteiger partial charge in [-0.2, -0.15) is 0 Å². The molecule has 1 N–H and O–H groups in total. The fourth-order valence-electron chi connectivity index (χ4n) is 1.91. The summed E-state index contributed by atoms with van der Waals surface area (Å²) in [5.74, 6) is -0.216. The van der Waals surface area contributed by atoms with Crippen LogP contribution in [0, 0.1) is 0 Å². The van der Waals surface area contributed by atoms with E-state index in [1.165, 1.54) is 12.3 Å². The van der Waals surface area contributed by atoms with E-state index in [0.29, 0.717) is 4.47 Å². The zero-order valence-corrected chi connectivity index (χ0v) is 14.2. The lowest BCUT2D eigenvalue weighted by Gasteiger charge is -2.22. The zero-order chi connectivity index (χ0) is 15.0. The van der Waals surface area contributed by atoms with Gasteiger partial charge >= 0.3 is 0 Å². The van der Waals surface area contributed by atoms with Crippen molar-refractivity contribution in [3.8, 4) is 0 Å². The minimum absolute atomic E-state index is 0.0419. The van der Waals surface area contributed by atoms with Gasteiger partial charge in [-0.05, 0) is 34.8 Å². The zero-order valence-electron chi connectivity index (χ0n) is 10.2. The molecular formula is C10H12BrClN2O4S2. The Kier molecular flexibility index (Phi) is 4.63. The number of halogens is 2. The van der Waals surface area contributed by atoms with Crippen molar-refractivity contribution >= 4 is 53.1 Å². The topological polar surface area (TPSA) is 93.2 Å². The largest absolute Gasteiger partial charge is 0.280 e. The quantitative estimate of drug-likeness (QED) is 0.777. The van der Waals surface area contributed by atoms with Crippen molar-refractivity contribution in [2.24, 2.45) is 0 Å². The Balaban J connectivity index is 2.18. The molecule has 1 aliphatic heterocycles. The Morgan fingerprint density at radius 2 is 1.95 bits per heavy atom. The summed E-state index contributed by atoms with van der Waals surface area (Å²) in [5, 5.41) is -0.693. The van der Waals surface area contributed by atoms with Crippen LogP contribution in [0.3, 0.4) is 0 Å². The number of hydrogen-bond donors (Lipinski definition) is 1. The highest BCUT2D eigenvalue weighted by Gasteiger charge is 2.33. The third kappa shape index (κ3) is 3.84. The molecule has 0 unspecified atom stereocenters. The van der Waals surface area contributed by atoms with Crippen molar-refractivity contribution in [1.29, 1.82) is 0 Å². The van der Waals surface area contributed by atoms with Gasteiger partial charge in [0.1, 0.15) is 9.84 Å². The van der Waals surface area contributed by atoms with Crippen molar-refractivity contribution in [1.82, 2.24) is 4.98 Å². The van der Waals surface area contributed by atoms with Crippen molar-refractivity contribution in [3.63, 3.8) is 0 Å². The van der Waals surface area contributed by atoms with Crippen molar-refractivity contribution in [2.45, 2.75) is 18.1 Å². The highest BCUT2D eigenvalue weighted by atomic mass is 79.9. The number of pyridine rings is 1. The van der Waals surface area contributed by atoms with E-state index in [0.717, 1.165) is 0 Å². The molecular weight excluding hydrogens is 392 g/mol. The molecule has 1 aliphatic rings. The Morgan fingerprint density at radius 3 is 2.55 bits per heavy atom. The van der Waals surface area contributed by atoms with E-state index in [-0.39, 0.29) is 35.2 Å². The Bertz CT molecular complexity index is 707. The first kappa shape index (κ1) is 16.0. The lowest BCUT2D eigenvalue weighted by molar-refractivity contribution is 0.555. The van der Waals surface area contributed by atoms with E-state index in [2.05, 4.69) is 25.6 Å². The molecule has 10 heteroatoms. The molecule has 6 nitrogen and oxygen atoms in total. The van der Waals surface area contributed by atoms with E-state index >= 15 is 0 Å². The third-order valence-electron chi connectivity index (χ3n) is 3.00. The fourth-order valence-corrected chi connectivity index (χ4v) is 5.72. The number of hydrogen-bond acceptors (Lipinski definition) is 5. The van der Waals surface area contributed by atoms with Crippen LogP contribution in [-0.4, -0.2) is 38.6 Å². The highest BCUT2D eigenvalue weighted by Crippen LogP contribution is 2.27. The summed E-state index contributed by atoms with van der Waals surface area (Å²) >= 11 is 9.01. The number of nitrogens with one attached hydrogen (secondary N) is 1. The molecule has 20 heavy (non-hydrogen) atoms. The summed E-state index contributed by atoms with van der Waals surface area (Å²) in [6.07, 6.45) is 1.64. The number of sulfonamides is 1. The lowest BCUT2D eigenvalue weighted by Crippen LogP contribution is -2.36. The van der Waals surface area contributed by atoms with Gasteiger partial charge in [-0.15, -0.1) is 0 Å². The normalized spacial score (nSPS) is 19.7. The second kappa shape index (κ2) is 5.78. The van der Waals surface area contributed by atoms with E-state index in [1.54, 1.807) is 0 Å². The number of sulfone groups is 1. The molecule has 1 aromatic heterocycles. The Morgan fingerprint density at radius 1 is 1.35 bits per heavy atom. The molecule has 112 valence electrons. The molecule has 1 fully saturated rings. The molecule has 0 amide bonds. The molecule has 0 saturated carbocycles. The minimum atomic E-state index is -3.69. The van der Waals surface area contributed by atoms with Crippen molar-refractivity contribution in [3.05, 3.63) is 21.9 Å². The predicted molar refractivity (Wildman–Crippen MR) is 81.2 cm³/mol. The van der Waals surface area contributed by atoms with Gasteiger partial charge in [0.05, 0.1) is 22.4 Å². The first-order valence-electron chi connectivity index (χ1n) is 5.73. The summed E-state index contributed by atoms with van der Waals surface area (Å²) in [6.45, 7) is 0. The second-order valence-corrected chi connectivity index (χ2v) is 10.0. The molecule has 0 radical (unpaired) electrons. The maximum absolute atomic E-state index is 12.2. The van der Waals surface area contributed by atoms with Crippen LogP contribution in [0.2, 0.25) is 5.15 Å². The molecule has 0 spiro atoms. The van der Waals surface area contributed by atoms with Crippen LogP contribution >= 0.6 is 27.5 Å². The van der Waals surface area contributed by atoms with Gasteiger partial charge < -0.3 is 0 Å². The SMILES string of the molecule is O=S1(=O)CCC(S(=O)(=O)Nc2cc(Br)cnc2Cl)CC1. The summed E-state index contributed by atoms with van der Waals surface area (Å²) in [4.78, 5) is 3.83. The van der Waals surface area contributed by atoms with Gasteiger partial charge in [-0.3, -0.25) is 4.72 Å². The van der Waals surface area contributed by atoms with Crippen LogP contribution < -0.4 is 4.72 Å². The van der Waals surface area contributed by atoms with Gasteiger partial charge in [0.15, 0.2) is 5.15 Å². The van der Waals surface area contributed by atoms with Gasteiger partial charge in [0.25, 0.3) is 0 Å². The second-order valence-electron chi connectivity index (χ2n) is 4.49. The molecule has 0 atom stereocenters. The molecule has 0 aromatic carbocycles. The smallest absolute Gasteiger partial charge is 0.235 e. The Labute approximate surface area is 131 Å². The average Bonchev–Trinajstić information content (AvgIpc) is 2.33. The number of anilines is 1. The maximum Gasteiger partial charge on any atom is 0.235 e. The third-order valence-corrected chi connectivity index (χ3v) is 7.30. The summed E-state index contributed by atoms with van der Waals surface area (Å²) < 4.78 is 50.1. The maximum atomic E-state index is 12.2. The van der Waals surface area contributed by atoms with Crippen LogP contribution in [0.5, 0.6) is 0 Å².